The van der Waals surface area contributed by atoms with Gasteiger partial charge in [-0.2, -0.15) is 5.10 Å². The molecule has 0 spiro atoms. The topological polar surface area (TPSA) is 118 Å². The molecule has 1 amide bonds. The zero-order valence-corrected chi connectivity index (χ0v) is 20.0. The first kappa shape index (κ1) is 23.6. The van der Waals surface area contributed by atoms with E-state index >= 15 is 0 Å². The van der Waals surface area contributed by atoms with Gasteiger partial charge >= 0.3 is 0 Å². The maximum atomic E-state index is 13.6. The van der Waals surface area contributed by atoms with Gasteiger partial charge in [-0.15, -0.1) is 0 Å². The van der Waals surface area contributed by atoms with Crippen LogP contribution in [0.3, 0.4) is 0 Å². The maximum absolute atomic E-state index is 13.6. The molecule has 9 nitrogen and oxygen atoms in total. The molecule has 2 aromatic carbocycles. The molecular weight excluding hydrogens is 463 g/mol. The van der Waals surface area contributed by atoms with Crippen molar-refractivity contribution < 1.29 is 13.9 Å². The number of nitrogens with one attached hydrogen (secondary N) is 2. The van der Waals surface area contributed by atoms with Crippen LogP contribution in [0.15, 0.2) is 53.5 Å². The summed E-state index contributed by atoms with van der Waals surface area (Å²) < 4.78 is 20.8. The molecule has 4 aromatic rings. The molecule has 3 heterocycles. The molecule has 1 unspecified atom stereocenters. The van der Waals surface area contributed by atoms with Gasteiger partial charge < -0.3 is 25.3 Å². The molecule has 0 bridgehead atoms. The molecule has 10 heteroatoms. The number of hydrogen-bond donors (Lipinski definition) is 3. The van der Waals surface area contributed by atoms with Gasteiger partial charge in [0.2, 0.25) is 0 Å². The monoisotopic (exact) mass is 490 g/mol. The number of hydrogen-bond acceptors (Lipinski definition) is 6. The lowest BCUT2D eigenvalue weighted by Gasteiger charge is -2.13. The minimum Gasteiger partial charge on any atom is -0.496 e. The summed E-state index contributed by atoms with van der Waals surface area (Å²) in [5.41, 5.74) is 9.16. The fourth-order valence-corrected chi connectivity index (χ4v) is 4.82. The fraction of sp³-hybridized carbons (Fsp3) is 0.269. The first-order valence-electron chi connectivity index (χ1n) is 11.6. The highest BCUT2D eigenvalue weighted by Crippen LogP contribution is 2.35. The van der Waals surface area contributed by atoms with Crippen LogP contribution in [0.5, 0.6) is 5.75 Å². The Morgan fingerprint density at radius 2 is 2.06 bits per heavy atom. The van der Waals surface area contributed by atoms with E-state index in [2.05, 4.69) is 27.5 Å². The van der Waals surface area contributed by atoms with Crippen LogP contribution in [0, 0.1) is 5.82 Å². The number of aromatic nitrogens is 3. The molecule has 1 aliphatic rings. The quantitative estimate of drug-likeness (QED) is 0.383. The van der Waals surface area contributed by atoms with Crippen LogP contribution in [0.1, 0.15) is 28.4 Å². The van der Waals surface area contributed by atoms with Crippen molar-refractivity contribution in [1.82, 2.24) is 25.0 Å². The van der Waals surface area contributed by atoms with Gasteiger partial charge in [0.1, 0.15) is 17.1 Å². The molecule has 1 saturated heterocycles. The summed E-state index contributed by atoms with van der Waals surface area (Å²) in [5, 5.41) is 9.93. The smallest absolute Gasteiger partial charge is 0.288 e. The summed E-state index contributed by atoms with van der Waals surface area (Å²) in [5.74, 6) is -0.375. The molecule has 0 saturated carbocycles. The predicted octanol–water partition coefficient (Wildman–Crippen LogP) is 2.93. The highest BCUT2D eigenvalue weighted by molar-refractivity contribution is 6.02. The van der Waals surface area contributed by atoms with E-state index in [1.54, 1.807) is 0 Å². The summed E-state index contributed by atoms with van der Waals surface area (Å²) in [6, 6.07) is 11.6. The number of nitrogen functional groups attached to an aromatic ring is 1. The van der Waals surface area contributed by atoms with Crippen molar-refractivity contribution in [2.24, 2.45) is 0 Å². The number of rotatable bonds is 6. The summed E-state index contributed by atoms with van der Waals surface area (Å²) in [4.78, 5) is 27.6. The van der Waals surface area contributed by atoms with Gasteiger partial charge in [0.15, 0.2) is 5.82 Å². The zero-order chi connectivity index (χ0) is 25.4. The van der Waals surface area contributed by atoms with Crippen molar-refractivity contribution >= 4 is 22.6 Å². The number of benzene rings is 2. The summed E-state index contributed by atoms with van der Waals surface area (Å²) in [6.45, 7) is 2.05. The number of amides is 1. The molecule has 0 radical (unpaired) electrons. The largest absolute Gasteiger partial charge is 0.496 e. The zero-order valence-electron chi connectivity index (χ0n) is 20.0. The number of aromatic amines is 1. The number of ether oxygens (including phenoxy) is 1. The first-order chi connectivity index (χ1) is 17.4. The highest BCUT2D eigenvalue weighted by atomic mass is 19.1. The Morgan fingerprint density at radius 3 is 2.75 bits per heavy atom. The molecule has 186 valence electrons. The third-order valence-corrected chi connectivity index (χ3v) is 6.67. The van der Waals surface area contributed by atoms with Gasteiger partial charge in [0.05, 0.1) is 18.1 Å². The van der Waals surface area contributed by atoms with Gasteiger partial charge in [-0.3, -0.25) is 9.59 Å². The number of methoxy groups -OCH3 is 1. The lowest BCUT2D eigenvalue weighted by atomic mass is 10.0. The number of halogens is 1. The molecule has 2 aromatic heterocycles. The van der Waals surface area contributed by atoms with E-state index in [1.807, 2.05) is 35.0 Å². The second-order valence-corrected chi connectivity index (χ2v) is 9.04. The minimum atomic E-state index is -0.513. The standard InChI is InChI=1S/C26H27FN6O3/c1-32-10-9-18(13-32)33-14-20(22-23(33)26(35)31-30-24(22)28)16-5-3-15(4-6-16)12-29-25(34)19-11-17(27)7-8-21(19)36-2/h3-8,11,14,18H,9-10,12-13H2,1-2H3,(H2,28,30)(H,29,34)(H,31,35). The van der Waals surface area contributed by atoms with E-state index in [4.69, 9.17) is 10.5 Å². The molecule has 1 aliphatic heterocycles. The molecule has 1 atom stereocenters. The lowest BCUT2D eigenvalue weighted by molar-refractivity contribution is 0.0947. The van der Waals surface area contributed by atoms with Gasteiger partial charge in [-0.05, 0) is 49.3 Å². The fourth-order valence-electron chi connectivity index (χ4n) is 4.82. The van der Waals surface area contributed by atoms with E-state index in [0.29, 0.717) is 16.7 Å². The Labute approximate surface area is 206 Å². The van der Waals surface area contributed by atoms with Crippen LogP contribution in [-0.4, -0.2) is 52.8 Å². The summed E-state index contributed by atoms with van der Waals surface area (Å²) in [6.07, 6.45) is 2.92. The van der Waals surface area contributed by atoms with Crippen LogP contribution in [-0.2, 0) is 6.54 Å². The minimum absolute atomic E-state index is 0.132. The molecule has 1 fully saturated rings. The van der Waals surface area contributed by atoms with Crippen LogP contribution < -0.4 is 21.3 Å². The Kier molecular flexibility index (Phi) is 6.19. The lowest BCUT2D eigenvalue weighted by Crippen LogP contribution is -2.23. The average molecular weight is 491 g/mol. The number of carbonyl (C=O) groups is 1. The number of H-pyrrole nitrogens is 1. The second kappa shape index (κ2) is 9.46. The van der Waals surface area contributed by atoms with E-state index in [-0.39, 0.29) is 29.5 Å². The third kappa shape index (κ3) is 4.31. The van der Waals surface area contributed by atoms with Crippen molar-refractivity contribution in [3.63, 3.8) is 0 Å². The number of carbonyl (C=O) groups excluding carboxylic acids is 1. The van der Waals surface area contributed by atoms with Crippen molar-refractivity contribution in [2.45, 2.75) is 19.0 Å². The van der Waals surface area contributed by atoms with Gasteiger partial charge in [0, 0.05) is 30.9 Å². The van der Waals surface area contributed by atoms with E-state index in [1.165, 1.54) is 19.2 Å². The average Bonchev–Trinajstić information content (AvgIpc) is 3.50. The highest BCUT2D eigenvalue weighted by Gasteiger charge is 2.26. The first-order valence-corrected chi connectivity index (χ1v) is 11.6. The van der Waals surface area contributed by atoms with Crippen LogP contribution in [0.25, 0.3) is 22.0 Å². The van der Waals surface area contributed by atoms with Crippen molar-refractivity contribution in [2.75, 3.05) is 33.0 Å². The van der Waals surface area contributed by atoms with Crippen molar-refractivity contribution in [3.8, 4) is 16.9 Å². The third-order valence-electron chi connectivity index (χ3n) is 6.67. The Morgan fingerprint density at radius 1 is 1.28 bits per heavy atom. The van der Waals surface area contributed by atoms with E-state index < -0.39 is 11.7 Å². The van der Waals surface area contributed by atoms with Crippen LogP contribution in [0.4, 0.5) is 10.2 Å². The van der Waals surface area contributed by atoms with Crippen LogP contribution in [0.2, 0.25) is 0 Å². The van der Waals surface area contributed by atoms with E-state index in [0.717, 1.165) is 42.3 Å². The molecule has 5 rings (SSSR count). The number of nitrogens with zero attached hydrogens (tertiary/aromatic N) is 3. The van der Waals surface area contributed by atoms with Crippen molar-refractivity contribution in [3.05, 3.63) is 76.0 Å². The van der Waals surface area contributed by atoms with E-state index in [9.17, 15) is 14.0 Å². The molecule has 36 heavy (non-hydrogen) atoms. The number of likely N-dealkylation sites (N-methyl/N-ethyl adjacent to an activating group) is 1. The Hall–Kier alpha value is -4.18. The number of likely N-dealkylation sites (tertiary alicyclic amines) is 1. The number of fused-ring (bicyclic) bond motifs is 1. The molecular formula is C26H27FN6O3. The van der Waals surface area contributed by atoms with Gasteiger partial charge in [0.25, 0.3) is 11.5 Å². The maximum Gasteiger partial charge on any atom is 0.288 e. The normalized spacial score (nSPS) is 15.9. The predicted molar refractivity (Wildman–Crippen MR) is 135 cm³/mol. The SMILES string of the molecule is COc1ccc(F)cc1C(=O)NCc1ccc(-c2cn(C3CCN(C)C3)c3c(=O)[nH]nc(N)c23)cc1. The number of anilines is 1. The van der Waals surface area contributed by atoms with Gasteiger partial charge in [-0.25, -0.2) is 9.49 Å². The second-order valence-electron chi connectivity index (χ2n) is 9.04. The molecule has 0 aliphatic carbocycles. The Bertz CT molecular complexity index is 1490. The Balaban J connectivity index is 1.41. The van der Waals surface area contributed by atoms with Gasteiger partial charge in [-0.1, -0.05) is 24.3 Å². The van der Waals surface area contributed by atoms with Crippen molar-refractivity contribution in [1.29, 1.82) is 0 Å². The summed E-state index contributed by atoms with van der Waals surface area (Å²) in [7, 11) is 3.50. The number of nitrogens with two attached hydrogens (primary N) is 1. The summed E-state index contributed by atoms with van der Waals surface area (Å²) >= 11 is 0. The molecule has 4 N–H and O–H groups in total. The van der Waals surface area contributed by atoms with Crippen LogP contribution >= 0.6 is 0 Å².